The van der Waals surface area contributed by atoms with Crippen molar-refractivity contribution in [3.63, 3.8) is 0 Å². The van der Waals surface area contributed by atoms with Crippen molar-refractivity contribution in [2.75, 3.05) is 25.3 Å². The van der Waals surface area contributed by atoms with Crippen LogP contribution in [0.1, 0.15) is 12.5 Å². The predicted octanol–water partition coefficient (Wildman–Crippen LogP) is 4.02. The molecule has 1 amide bonds. The molecule has 3 rings (SSSR count). The summed E-state index contributed by atoms with van der Waals surface area (Å²) in [5, 5.41) is 12.2. The molecule has 7 nitrogen and oxygen atoms in total. The Morgan fingerprint density at radius 1 is 1.10 bits per heavy atom. The third kappa shape index (κ3) is 4.71. The number of benzene rings is 2. The lowest BCUT2D eigenvalue weighted by atomic mass is 10.2. The van der Waals surface area contributed by atoms with Gasteiger partial charge in [-0.2, -0.15) is 0 Å². The smallest absolute Gasteiger partial charge is 0.234 e. The van der Waals surface area contributed by atoms with Crippen molar-refractivity contribution in [2.24, 2.45) is 0 Å². The molecule has 1 aromatic heterocycles. The molecule has 1 N–H and O–H groups in total. The maximum Gasteiger partial charge on any atom is 0.234 e. The first-order valence-corrected chi connectivity index (χ1v) is 10.2. The second-order valence-electron chi connectivity index (χ2n) is 6.27. The van der Waals surface area contributed by atoms with Crippen LogP contribution in [-0.2, 0) is 11.3 Å². The molecule has 8 heteroatoms. The van der Waals surface area contributed by atoms with Crippen LogP contribution in [0.4, 0.5) is 5.69 Å². The van der Waals surface area contributed by atoms with Gasteiger partial charge in [0.2, 0.25) is 5.91 Å². The largest absolute Gasteiger partial charge is 0.493 e. The minimum atomic E-state index is -0.0809. The van der Waals surface area contributed by atoms with Crippen LogP contribution in [0.25, 0.3) is 11.4 Å². The summed E-state index contributed by atoms with van der Waals surface area (Å²) < 4.78 is 12.7. The van der Waals surface area contributed by atoms with Crippen LogP contribution in [0.3, 0.4) is 0 Å². The molecular weight excluding hydrogens is 388 g/mol. The first kappa shape index (κ1) is 20.7. The zero-order valence-corrected chi connectivity index (χ0v) is 17.7. The summed E-state index contributed by atoms with van der Waals surface area (Å²) in [6.07, 6.45) is 0. The molecule has 0 aliphatic carbocycles. The molecule has 0 radical (unpaired) electrons. The molecule has 0 bridgehead atoms. The summed E-state index contributed by atoms with van der Waals surface area (Å²) in [6, 6.07) is 13.3. The third-order valence-electron chi connectivity index (χ3n) is 4.43. The standard InChI is InChI=1S/C21H24N4O3S/c1-5-25-20(15-10-11-17(27-3)18(12-15)28-4)23-24-21(25)29-13-19(26)22-16-9-7-6-8-14(16)2/h6-12H,5,13H2,1-4H3,(H,22,26). The maximum atomic E-state index is 12.3. The Kier molecular flexibility index (Phi) is 6.77. The number of amides is 1. The van der Waals surface area contributed by atoms with Crippen molar-refractivity contribution in [3.05, 3.63) is 48.0 Å². The molecule has 0 saturated heterocycles. The number of hydrogen-bond acceptors (Lipinski definition) is 6. The van der Waals surface area contributed by atoms with Crippen molar-refractivity contribution in [3.8, 4) is 22.9 Å². The highest BCUT2D eigenvalue weighted by Crippen LogP contribution is 2.32. The predicted molar refractivity (Wildman–Crippen MR) is 115 cm³/mol. The average Bonchev–Trinajstić information content (AvgIpc) is 3.16. The van der Waals surface area contributed by atoms with Gasteiger partial charge in [-0.3, -0.25) is 4.79 Å². The monoisotopic (exact) mass is 412 g/mol. The number of carbonyl (C=O) groups excluding carboxylic acids is 1. The summed E-state index contributed by atoms with van der Waals surface area (Å²) >= 11 is 1.36. The number of anilines is 1. The van der Waals surface area contributed by atoms with Crippen molar-refractivity contribution < 1.29 is 14.3 Å². The summed E-state index contributed by atoms with van der Waals surface area (Å²) in [5.74, 6) is 2.17. The van der Waals surface area contributed by atoms with E-state index < -0.39 is 0 Å². The summed E-state index contributed by atoms with van der Waals surface area (Å²) in [7, 11) is 3.20. The fraction of sp³-hybridized carbons (Fsp3) is 0.286. The molecule has 152 valence electrons. The number of aromatic nitrogens is 3. The van der Waals surface area contributed by atoms with Gasteiger partial charge in [0.25, 0.3) is 0 Å². The highest BCUT2D eigenvalue weighted by molar-refractivity contribution is 7.99. The molecule has 0 fully saturated rings. The minimum absolute atomic E-state index is 0.0809. The summed E-state index contributed by atoms with van der Waals surface area (Å²) in [6.45, 7) is 4.66. The van der Waals surface area contributed by atoms with Gasteiger partial charge >= 0.3 is 0 Å². The van der Waals surface area contributed by atoms with Gasteiger partial charge < -0.3 is 19.4 Å². The van der Waals surface area contributed by atoms with Gasteiger partial charge in [0.05, 0.1) is 20.0 Å². The van der Waals surface area contributed by atoms with E-state index in [0.29, 0.717) is 23.2 Å². The number of methoxy groups -OCH3 is 2. The SMILES string of the molecule is CCn1c(SCC(=O)Nc2ccccc2C)nnc1-c1ccc(OC)c(OC)c1. The lowest BCUT2D eigenvalue weighted by Gasteiger charge is -2.11. The fourth-order valence-corrected chi connectivity index (χ4v) is 3.70. The van der Waals surface area contributed by atoms with Gasteiger partial charge in [0, 0.05) is 17.8 Å². The van der Waals surface area contributed by atoms with E-state index in [-0.39, 0.29) is 11.7 Å². The van der Waals surface area contributed by atoms with Crippen LogP contribution in [0.15, 0.2) is 47.6 Å². The van der Waals surface area contributed by atoms with E-state index in [0.717, 1.165) is 22.6 Å². The lowest BCUT2D eigenvalue weighted by Crippen LogP contribution is -2.15. The molecular formula is C21H24N4O3S. The Bertz CT molecular complexity index is 1000. The number of hydrogen-bond donors (Lipinski definition) is 1. The number of nitrogens with zero attached hydrogens (tertiary/aromatic N) is 3. The van der Waals surface area contributed by atoms with Crippen LogP contribution >= 0.6 is 11.8 Å². The number of carbonyl (C=O) groups is 1. The van der Waals surface area contributed by atoms with Gasteiger partial charge in [0.15, 0.2) is 22.5 Å². The van der Waals surface area contributed by atoms with E-state index in [2.05, 4.69) is 15.5 Å². The Hall–Kier alpha value is -3.00. The van der Waals surface area contributed by atoms with Crippen molar-refractivity contribution in [1.29, 1.82) is 0 Å². The number of thioether (sulfide) groups is 1. The van der Waals surface area contributed by atoms with Crippen molar-refractivity contribution in [1.82, 2.24) is 14.8 Å². The number of rotatable bonds is 8. The number of ether oxygens (including phenoxy) is 2. The first-order chi connectivity index (χ1) is 14.1. The summed E-state index contributed by atoms with van der Waals surface area (Å²) in [4.78, 5) is 12.3. The minimum Gasteiger partial charge on any atom is -0.493 e. The number of para-hydroxylation sites is 1. The maximum absolute atomic E-state index is 12.3. The van der Waals surface area contributed by atoms with Gasteiger partial charge in [-0.05, 0) is 43.7 Å². The highest BCUT2D eigenvalue weighted by atomic mass is 32.2. The number of aryl methyl sites for hydroxylation is 1. The van der Waals surface area contributed by atoms with E-state index in [1.54, 1.807) is 14.2 Å². The molecule has 3 aromatic rings. The van der Waals surface area contributed by atoms with E-state index in [1.165, 1.54) is 11.8 Å². The molecule has 0 aliphatic rings. The normalized spacial score (nSPS) is 10.6. The van der Waals surface area contributed by atoms with Gasteiger partial charge in [-0.25, -0.2) is 0 Å². The molecule has 0 spiro atoms. The van der Waals surface area contributed by atoms with Crippen LogP contribution in [0, 0.1) is 6.92 Å². The van der Waals surface area contributed by atoms with Crippen LogP contribution in [0.2, 0.25) is 0 Å². The third-order valence-corrected chi connectivity index (χ3v) is 5.39. The average molecular weight is 413 g/mol. The Labute approximate surface area is 174 Å². The zero-order chi connectivity index (χ0) is 20.8. The fourth-order valence-electron chi connectivity index (χ4n) is 2.90. The second kappa shape index (κ2) is 9.47. The van der Waals surface area contributed by atoms with E-state index in [9.17, 15) is 4.79 Å². The first-order valence-electron chi connectivity index (χ1n) is 9.21. The Morgan fingerprint density at radius 3 is 2.55 bits per heavy atom. The van der Waals surface area contributed by atoms with E-state index in [4.69, 9.17) is 9.47 Å². The van der Waals surface area contributed by atoms with Crippen LogP contribution in [-0.4, -0.2) is 40.6 Å². The Morgan fingerprint density at radius 2 is 1.86 bits per heavy atom. The van der Waals surface area contributed by atoms with Crippen LogP contribution < -0.4 is 14.8 Å². The molecule has 1 heterocycles. The number of nitrogens with one attached hydrogen (secondary N) is 1. The van der Waals surface area contributed by atoms with Crippen molar-refractivity contribution >= 4 is 23.4 Å². The lowest BCUT2D eigenvalue weighted by molar-refractivity contribution is -0.113. The Balaban J connectivity index is 1.74. The second-order valence-corrected chi connectivity index (χ2v) is 7.21. The van der Waals surface area contributed by atoms with E-state index >= 15 is 0 Å². The molecule has 0 unspecified atom stereocenters. The molecule has 0 atom stereocenters. The molecule has 0 aliphatic heterocycles. The molecule has 0 saturated carbocycles. The van der Waals surface area contributed by atoms with Crippen LogP contribution in [0.5, 0.6) is 11.5 Å². The topological polar surface area (TPSA) is 78.3 Å². The van der Waals surface area contributed by atoms with Gasteiger partial charge in [-0.1, -0.05) is 30.0 Å². The highest BCUT2D eigenvalue weighted by Gasteiger charge is 2.16. The quantitative estimate of drug-likeness (QED) is 0.563. The van der Waals surface area contributed by atoms with Gasteiger partial charge in [-0.15, -0.1) is 10.2 Å². The molecule has 2 aromatic carbocycles. The van der Waals surface area contributed by atoms with Crippen molar-refractivity contribution in [2.45, 2.75) is 25.5 Å². The van der Waals surface area contributed by atoms with Gasteiger partial charge in [0.1, 0.15) is 0 Å². The summed E-state index contributed by atoms with van der Waals surface area (Å²) in [5.41, 5.74) is 2.72. The molecule has 29 heavy (non-hydrogen) atoms. The zero-order valence-electron chi connectivity index (χ0n) is 16.9. The van der Waals surface area contributed by atoms with E-state index in [1.807, 2.05) is 60.9 Å².